The van der Waals surface area contributed by atoms with E-state index in [9.17, 15) is 19.1 Å². The van der Waals surface area contributed by atoms with Gasteiger partial charge in [-0.2, -0.15) is 0 Å². The number of rotatable bonds is 3. The summed E-state index contributed by atoms with van der Waals surface area (Å²) in [6, 6.07) is 5.58. The number of hydrogen-bond acceptors (Lipinski definition) is 4. The molecule has 1 fully saturated rings. The SMILES string of the molecule is CC(C)(C)OC(=O)N1CCCC1(Cc1ccc(F)cc1)C(=O)[O-]. The minimum atomic E-state index is -1.46. The molecule has 23 heavy (non-hydrogen) atoms. The molecule has 0 aliphatic carbocycles. The van der Waals surface area contributed by atoms with Crippen LogP contribution in [0.5, 0.6) is 0 Å². The maximum absolute atomic E-state index is 13.0. The van der Waals surface area contributed by atoms with Crippen molar-refractivity contribution in [2.75, 3.05) is 6.54 Å². The van der Waals surface area contributed by atoms with Crippen molar-refractivity contribution in [3.05, 3.63) is 35.6 Å². The summed E-state index contributed by atoms with van der Waals surface area (Å²) in [4.78, 5) is 25.5. The Bertz CT molecular complexity index is 594. The van der Waals surface area contributed by atoms with Gasteiger partial charge in [-0.15, -0.1) is 0 Å². The lowest BCUT2D eigenvalue weighted by Crippen LogP contribution is -2.60. The van der Waals surface area contributed by atoms with E-state index in [-0.39, 0.29) is 12.8 Å². The molecule has 6 heteroatoms. The molecule has 2 rings (SSSR count). The molecule has 1 atom stereocenters. The monoisotopic (exact) mass is 322 g/mol. The van der Waals surface area contributed by atoms with Gasteiger partial charge in [0.25, 0.3) is 0 Å². The highest BCUT2D eigenvalue weighted by atomic mass is 19.1. The Morgan fingerprint density at radius 2 is 1.91 bits per heavy atom. The molecule has 0 bridgehead atoms. The second-order valence-electron chi connectivity index (χ2n) is 6.86. The molecule has 0 radical (unpaired) electrons. The number of carboxylic acids is 1. The summed E-state index contributed by atoms with van der Waals surface area (Å²) in [5.41, 5.74) is -1.54. The predicted octanol–water partition coefficient (Wildman–Crippen LogP) is 1.89. The van der Waals surface area contributed by atoms with E-state index in [4.69, 9.17) is 4.74 Å². The Hall–Kier alpha value is -2.11. The normalized spacial score (nSPS) is 21.3. The molecule has 0 N–H and O–H groups in total. The first-order valence-electron chi connectivity index (χ1n) is 7.61. The molecule has 1 saturated heterocycles. The van der Waals surface area contributed by atoms with Crippen molar-refractivity contribution >= 4 is 12.1 Å². The zero-order chi connectivity index (χ0) is 17.3. The van der Waals surface area contributed by atoms with E-state index in [1.165, 1.54) is 29.2 Å². The minimum absolute atomic E-state index is 0.0643. The van der Waals surface area contributed by atoms with Gasteiger partial charge in [-0.25, -0.2) is 9.18 Å². The topological polar surface area (TPSA) is 69.7 Å². The second-order valence-corrected chi connectivity index (χ2v) is 6.86. The maximum Gasteiger partial charge on any atom is 0.411 e. The van der Waals surface area contributed by atoms with Crippen LogP contribution in [-0.4, -0.2) is 34.6 Å². The minimum Gasteiger partial charge on any atom is -0.548 e. The fourth-order valence-corrected chi connectivity index (χ4v) is 2.87. The number of likely N-dealkylation sites (tertiary alicyclic amines) is 1. The summed E-state index contributed by atoms with van der Waals surface area (Å²) < 4.78 is 18.4. The van der Waals surface area contributed by atoms with Crippen LogP contribution in [0.15, 0.2) is 24.3 Å². The van der Waals surface area contributed by atoms with Gasteiger partial charge in [-0.1, -0.05) is 12.1 Å². The maximum atomic E-state index is 13.0. The highest BCUT2D eigenvalue weighted by Gasteiger charge is 2.46. The van der Waals surface area contributed by atoms with E-state index in [2.05, 4.69) is 0 Å². The number of carbonyl (C=O) groups excluding carboxylic acids is 2. The Morgan fingerprint density at radius 1 is 1.30 bits per heavy atom. The van der Waals surface area contributed by atoms with Gasteiger partial charge in [0.1, 0.15) is 11.4 Å². The third kappa shape index (κ3) is 3.81. The lowest BCUT2D eigenvalue weighted by Gasteiger charge is -2.40. The van der Waals surface area contributed by atoms with Crippen LogP contribution in [0.4, 0.5) is 9.18 Å². The second kappa shape index (κ2) is 6.18. The van der Waals surface area contributed by atoms with E-state index in [0.717, 1.165) is 0 Å². The molecule has 1 aromatic carbocycles. The summed E-state index contributed by atoms with van der Waals surface area (Å²) >= 11 is 0. The molecule has 1 aliphatic rings. The van der Waals surface area contributed by atoms with E-state index in [1.807, 2.05) is 0 Å². The number of benzene rings is 1. The molecule has 5 nitrogen and oxygen atoms in total. The van der Waals surface area contributed by atoms with Crippen molar-refractivity contribution in [3.63, 3.8) is 0 Å². The zero-order valence-corrected chi connectivity index (χ0v) is 13.6. The van der Waals surface area contributed by atoms with Crippen molar-refractivity contribution in [2.24, 2.45) is 0 Å². The van der Waals surface area contributed by atoms with Crippen LogP contribution in [0.25, 0.3) is 0 Å². The summed E-state index contributed by atoms with van der Waals surface area (Å²) in [5.74, 6) is -1.71. The van der Waals surface area contributed by atoms with E-state index < -0.39 is 29.0 Å². The number of ether oxygens (including phenoxy) is 1. The van der Waals surface area contributed by atoms with Crippen LogP contribution in [0, 0.1) is 5.82 Å². The third-order valence-electron chi connectivity index (χ3n) is 3.89. The van der Waals surface area contributed by atoms with Gasteiger partial charge in [-0.05, 0) is 51.3 Å². The Morgan fingerprint density at radius 3 is 2.43 bits per heavy atom. The molecule has 1 amide bonds. The van der Waals surface area contributed by atoms with Gasteiger partial charge in [0, 0.05) is 13.0 Å². The number of halogens is 1. The molecular weight excluding hydrogens is 301 g/mol. The first-order chi connectivity index (χ1) is 10.6. The van der Waals surface area contributed by atoms with Gasteiger partial charge in [0.15, 0.2) is 0 Å². The van der Waals surface area contributed by atoms with Crippen LogP contribution >= 0.6 is 0 Å². The lowest BCUT2D eigenvalue weighted by molar-refractivity contribution is -0.317. The first-order valence-corrected chi connectivity index (χ1v) is 7.61. The van der Waals surface area contributed by atoms with Crippen molar-refractivity contribution in [3.8, 4) is 0 Å². The molecule has 0 spiro atoms. The summed E-state index contributed by atoms with van der Waals surface area (Å²) in [7, 11) is 0. The predicted molar refractivity (Wildman–Crippen MR) is 80.0 cm³/mol. The third-order valence-corrected chi connectivity index (χ3v) is 3.89. The van der Waals surface area contributed by atoms with Gasteiger partial charge < -0.3 is 14.6 Å². The van der Waals surface area contributed by atoms with Crippen molar-refractivity contribution in [2.45, 2.75) is 51.2 Å². The number of amides is 1. The van der Waals surface area contributed by atoms with E-state index >= 15 is 0 Å². The Kier molecular flexibility index (Phi) is 4.63. The summed E-state index contributed by atoms with van der Waals surface area (Å²) in [6.45, 7) is 5.47. The fraction of sp³-hybridized carbons (Fsp3) is 0.529. The number of nitrogens with zero attached hydrogens (tertiary/aromatic N) is 1. The van der Waals surface area contributed by atoms with Crippen molar-refractivity contribution < 1.29 is 23.8 Å². The Balaban J connectivity index is 2.29. The summed E-state index contributed by atoms with van der Waals surface area (Å²) in [6.07, 6.45) is 0.233. The van der Waals surface area contributed by atoms with Crippen LogP contribution in [0.2, 0.25) is 0 Å². The highest BCUT2D eigenvalue weighted by molar-refractivity contribution is 5.84. The van der Waals surface area contributed by atoms with Gasteiger partial charge >= 0.3 is 6.09 Å². The number of carbonyl (C=O) groups is 2. The molecule has 126 valence electrons. The van der Waals surface area contributed by atoms with Crippen LogP contribution in [0.1, 0.15) is 39.2 Å². The highest BCUT2D eigenvalue weighted by Crippen LogP contribution is 2.34. The quantitative estimate of drug-likeness (QED) is 0.852. The molecular formula is C17H21FNO4-. The van der Waals surface area contributed by atoms with Crippen LogP contribution in [0.3, 0.4) is 0 Å². The largest absolute Gasteiger partial charge is 0.548 e. The molecule has 1 unspecified atom stereocenters. The average Bonchev–Trinajstić information content (AvgIpc) is 2.84. The molecule has 1 aliphatic heterocycles. The number of hydrogen-bond donors (Lipinski definition) is 0. The van der Waals surface area contributed by atoms with E-state index in [1.54, 1.807) is 20.8 Å². The summed E-state index contributed by atoms with van der Waals surface area (Å²) in [5, 5.41) is 11.8. The molecule has 1 heterocycles. The fourth-order valence-electron chi connectivity index (χ4n) is 2.87. The van der Waals surface area contributed by atoms with Crippen molar-refractivity contribution in [1.29, 1.82) is 0 Å². The van der Waals surface area contributed by atoms with Crippen LogP contribution in [-0.2, 0) is 16.0 Å². The smallest absolute Gasteiger partial charge is 0.411 e. The average molecular weight is 322 g/mol. The molecule has 1 aromatic rings. The van der Waals surface area contributed by atoms with Gasteiger partial charge in [0.2, 0.25) is 0 Å². The number of aliphatic carboxylic acids is 1. The first kappa shape index (κ1) is 17.2. The van der Waals surface area contributed by atoms with E-state index in [0.29, 0.717) is 18.5 Å². The lowest BCUT2D eigenvalue weighted by atomic mass is 9.88. The van der Waals surface area contributed by atoms with Crippen molar-refractivity contribution in [1.82, 2.24) is 4.90 Å². The zero-order valence-electron chi connectivity index (χ0n) is 13.6. The molecule has 0 aromatic heterocycles. The molecule has 0 saturated carbocycles. The van der Waals surface area contributed by atoms with Gasteiger partial charge in [-0.3, -0.25) is 4.90 Å². The Labute approximate surface area is 135 Å². The number of carboxylic acid groups (broad SMARTS) is 1. The standard InChI is InChI=1S/C17H22FNO4/c1-16(2,3)23-15(22)19-10-4-9-17(19,14(20)21)11-12-5-7-13(18)8-6-12/h5-8H,4,9-11H2,1-3H3,(H,20,21)/p-1. The van der Waals surface area contributed by atoms with Crippen LogP contribution < -0.4 is 5.11 Å². The van der Waals surface area contributed by atoms with Gasteiger partial charge in [0.05, 0.1) is 11.5 Å².